The van der Waals surface area contributed by atoms with Crippen LogP contribution in [0.2, 0.25) is 0 Å². The van der Waals surface area contributed by atoms with E-state index in [4.69, 9.17) is 4.98 Å². The molecule has 1 aliphatic carbocycles. The molecule has 198 valence electrons. The van der Waals surface area contributed by atoms with E-state index in [-0.39, 0.29) is 11.8 Å². The quantitative estimate of drug-likeness (QED) is 0.525. The molecule has 0 unspecified atom stereocenters. The maximum Gasteiger partial charge on any atom is 0.251 e. The highest BCUT2D eigenvalue weighted by Gasteiger charge is 2.31. The van der Waals surface area contributed by atoms with Crippen molar-refractivity contribution < 1.29 is 9.59 Å². The fourth-order valence-corrected chi connectivity index (χ4v) is 5.50. The minimum absolute atomic E-state index is 0.0639. The summed E-state index contributed by atoms with van der Waals surface area (Å²) in [7, 11) is 1.80. The minimum Gasteiger partial charge on any atom is -0.351 e. The molecule has 0 radical (unpaired) electrons. The Labute approximate surface area is 218 Å². The van der Waals surface area contributed by atoms with E-state index in [9.17, 15) is 9.59 Å². The van der Waals surface area contributed by atoms with Gasteiger partial charge in [0.1, 0.15) is 5.69 Å². The summed E-state index contributed by atoms with van der Waals surface area (Å²) in [4.78, 5) is 41.0. The summed E-state index contributed by atoms with van der Waals surface area (Å²) in [5, 5.41) is 9.72. The molecule has 3 heterocycles. The number of benzene rings is 1. The van der Waals surface area contributed by atoms with E-state index >= 15 is 0 Å². The lowest BCUT2D eigenvalue weighted by molar-refractivity contribution is -0.118. The zero-order valence-electron chi connectivity index (χ0n) is 21.9. The second kappa shape index (κ2) is 11.4. The van der Waals surface area contributed by atoms with Crippen molar-refractivity contribution in [2.24, 2.45) is 0 Å². The van der Waals surface area contributed by atoms with Crippen LogP contribution in [0.15, 0.2) is 24.4 Å². The molecule has 1 aromatic carbocycles. The number of rotatable bonds is 7. The predicted molar refractivity (Wildman–Crippen MR) is 146 cm³/mol. The normalized spacial score (nSPS) is 19.0. The van der Waals surface area contributed by atoms with Gasteiger partial charge in [-0.15, -0.1) is 0 Å². The van der Waals surface area contributed by atoms with Crippen molar-refractivity contribution in [2.45, 2.75) is 45.1 Å². The molecule has 5 rings (SSSR count). The lowest BCUT2D eigenvalue weighted by atomic mass is 10.1. The number of piperazine rings is 1. The van der Waals surface area contributed by atoms with Gasteiger partial charge in [-0.2, -0.15) is 4.98 Å². The molecular formula is C27H38N8O2. The second-order valence-corrected chi connectivity index (χ2v) is 10.2. The Bertz CT molecular complexity index is 1130. The maximum absolute atomic E-state index is 12.7. The first-order valence-electron chi connectivity index (χ1n) is 13.5. The number of carbonyl (C=O) groups is 2. The third-order valence-corrected chi connectivity index (χ3v) is 7.75. The van der Waals surface area contributed by atoms with Crippen molar-refractivity contribution >= 4 is 35.0 Å². The van der Waals surface area contributed by atoms with Gasteiger partial charge in [0, 0.05) is 76.6 Å². The number of hydrogen-bond donors (Lipinski definition) is 3. The van der Waals surface area contributed by atoms with Gasteiger partial charge >= 0.3 is 0 Å². The summed E-state index contributed by atoms with van der Waals surface area (Å²) in [6.07, 6.45) is 6.90. The Balaban J connectivity index is 1.27. The number of amides is 2. The number of carbonyl (C=O) groups excluding carboxylic acids is 2. The summed E-state index contributed by atoms with van der Waals surface area (Å²) in [5.74, 6) is 1.33. The molecule has 1 saturated heterocycles. The summed E-state index contributed by atoms with van der Waals surface area (Å²) in [6.45, 7) is 8.19. The molecule has 2 fully saturated rings. The molecule has 0 spiro atoms. The van der Waals surface area contributed by atoms with Gasteiger partial charge in [-0.1, -0.05) is 12.8 Å². The maximum atomic E-state index is 12.7. The number of anilines is 4. The van der Waals surface area contributed by atoms with E-state index in [2.05, 4.69) is 30.7 Å². The molecule has 10 heteroatoms. The van der Waals surface area contributed by atoms with Crippen LogP contribution in [0.4, 0.5) is 23.1 Å². The first-order chi connectivity index (χ1) is 18.0. The number of fused-ring (bicyclic) bond motifs is 1. The molecule has 3 N–H and O–H groups in total. The van der Waals surface area contributed by atoms with Crippen LogP contribution >= 0.6 is 0 Å². The van der Waals surface area contributed by atoms with Gasteiger partial charge in [-0.05, 0) is 43.5 Å². The Kier molecular flexibility index (Phi) is 7.85. The van der Waals surface area contributed by atoms with Crippen LogP contribution < -0.4 is 25.8 Å². The van der Waals surface area contributed by atoms with Crippen LogP contribution in [-0.2, 0) is 4.79 Å². The molecule has 2 amide bonds. The van der Waals surface area contributed by atoms with Gasteiger partial charge in [0.25, 0.3) is 5.91 Å². The van der Waals surface area contributed by atoms with E-state index in [0.717, 1.165) is 68.3 Å². The summed E-state index contributed by atoms with van der Waals surface area (Å²) < 4.78 is 0. The predicted octanol–water partition coefficient (Wildman–Crippen LogP) is 2.28. The van der Waals surface area contributed by atoms with E-state index in [1.54, 1.807) is 18.1 Å². The van der Waals surface area contributed by atoms with Gasteiger partial charge in [-0.3, -0.25) is 14.5 Å². The zero-order valence-corrected chi connectivity index (χ0v) is 21.9. The third-order valence-electron chi connectivity index (χ3n) is 7.75. The van der Waals surface area contributed by atoms with Crippen LogP contribution in [0.5, 0.6) is 0 Å². The first kappa shape index (κ1) is 25.4. The van der Waals surface area contributed by atoms with Crippen LogP contribution in [0.1, 0.15) is 48.0 Å². The standard InChI is InChI=1S/C27H38N8O2/c1-19-17-20(26(37)29-12-16-34-14-10-28-11-15-34)7-8-22(19)31-27-30-18-23-25(32-27)35(21-5-3-4-6-21)13-9-24(36)33(23)2/h7-8,17-18,21,28H,3-6,9-16H2,1-2H3,(H,29,37)(H,30,31,32). The number of nitrogens with one attached hydrogen (secondary N) is 3. The number of nitrogens with zero attached hydrogens (tertiary/aromatic N) is 5. The zero-order chi connectivity index (χ0) is 25.8. The highest BCUT2D eigenvalue weighted by atomic mass is 16.2. The minimum atomic E-state index is -0.0639. The van der Waals surface area contributed by atoms with Gasteiger partial charge in [-0.25, -0.2) is 4.98 Å². The molecule has 1 saturated carbocycles. The molecule has 2 aromatic rings. The van der Waals surface area contributed by atoms with E-state index < -0.39 is 0 Å². The topological polar surface area (TPSA) is 106 Å². The van der Waals surface area contributed by atoms with Crippen LogP contribution in [0, 0.1) is 6.92 Å². The molecule has 0 atom stereocenters. The molecule has 3 aliphatic rings. The van der Waals surface area contributed by atoms with E-state index in [1.165, 1.54) is 12.8 Å². The highest BCUT2D eigenvalue weighted by Crippen LogP contribution is 2.36. The fourth-order valence-electron chi connectivity index (χ4n) is 5.50. The Hall–Kier alpha value is -3.24. The van der Waals surface area contributed by atoms with Crippen molar-refractivity contribution in [3.63, 3.8) is 0 Å². The number of hydrogen-bond acceptors (Lipinski definition) is 8. The van der Waals surface area contributed by atoms with Crippen molar-refractivity contribution in [1.29, 1.82) is 0 Å². The van der Waals surface area contributed by atoms with Crippen LogP contribution in [0.3, 0.4) is 0 Å². The smallest absolute Gasteiger partial charge is 0.251 e. The molecule has 0 bridgehead atoms. The Morgan fingerprint density at radius 1 is 1.16 bits per heavy atom. The van der Waals surface area contributed by atoms with Gasteiger partial charge in [0.2, 0.25) is 11.9 Å². The Morgan fingerprint density at radius 2 is 1.95 bits per heavy atom. The van der Waals surface area contributed by atoms with Gasteiger partial charge in [0.05, 0.1) is 6.20 Å². The van der Waals surface area contributed by atoms with Gasteiger partial charge in [0.15, 0.2) is 5.82 Å². The molecule has 1 aromatic heterocycles. The van der Waals surface area contributed by atoms with Crippen LogP contribution in [0.25, 0.3) is 0 Å². The fraction of sp³-hybridized carbons (Fsp3) is 0.556. The van der Waals surface area contributed by atoms with Crippen molar-refractivity contribution in [1.82, 2.24) is 25.5 Å². The first-order valence-corrected chi connectivity index (χ1v) is 13.5. The van der Waals surface area contributed by atoms with Crippen molar-refractivity contribution in [3.05, 3.63) is 35.5 Å². The summed E-state index contributed by atoms with van der Waals surface area (Å²) in [5.41, 5.74) is 3.18. The SMILES string of the molecule is Cc1cc(C(=O)NCCN2CCNCC2)ccc1Nc1ncc2c(n1)N(C1CCCC1)CCC(=O)N2C. The van der Waals surface area contributed by atoms with Gasteiger partial charge < -0.3 is 25.8 Å². The summed E-state index contributed by atoms with van der Waals surface area (Å²) >= 11 is 0. The number of aryl methyl sites for hydroxylation is 1. The number of aromatic nitrogens is 2. The van der Waals surface area contributed by atoms with Crippen molar-refractivity contribution in [2.75, 3.05) is 68.0 Å². The lowest BCUT2D eigenvalue weighted by Gasteiger charge is -2.30. The third kappa shape index (κ3) is 5.86. The monoisotopic (exact) mass is 506 g/mol. The molecule has 37 heavy (non-hydrogen) atoms. The molecule has 2 aliphatic heterocycles. The molecule has 10 nitrogen and oxygen atoms in total. The van der Waals surface area contributed by atoms with E-state index in [0.29, 0.717) is 37.1 Å². The van der Waals surface area contributed by atoms with E-state index in [1.807, 2.05) is 25.1 Å². The van der Waals surface area contributed by atoms with Crippen molar-refractivity contribution in [3.8, 4) is 0 Å². The lowest BCUT2D eigenvalue weighted by Crippen LogP contribution is -2.46. The largest absolute Gasteiger partial charge is 0.351 e. The van der Waals surface area contributed by atoms with Crippen LogP contribution in [-0.4, -0.2) is 85.6 Å². The second-order valence-electron chi connectivity index (χ2n) is 10.2. The molecular weight excluding hydrogens is 468 g/mol. The summed E-state index contributed by atoms with van der Waals surface area (Å²) in [6, 6.07) is 6.03. The average Bonchev–Trinajstić information content (AvgIpc) is 3.41. The Morgan fingerprint density at radius 3 is 2.70 bits per heavy atom. The highest BCUT2D eigenvalue weighted by molar-refractivity contribution is 5.97. The average molecular weight is 507 g/mol.